The molecule has 0 saturated heterocycles. The highest BCUT2D eigenvalue weighted by molar-refractivity contribution is 7.89. The Morgan fingerprint density at radius 3 is 2.32 bits per heavy atom. The highest BCUT2D eigenvalue weighted by Gasteiger charge is 2.17. The van der Waals surface area contributed by atoms with Crippen molar-refractivity contribution in [3.8, 4) is 11.1 Å². The average Bonchev–Trinajstić information content (AvgIpc) is 2.78. The van der Waals surface area contributed by atoms with Gasteiger partial charge in [0, 0.05) is 11.6 Å². The van der Waals surface area contributed by atoms with E-state index in [1.165, 1.54) is 31.4 Å². The minimum atomic E-state index is -3.76. The predicted molar refractivity (Wildman–Crippen MR) is 123 cm³/mol. The summed E-state index contributed by atoms with van der Waals surface area (Å²) in [5.41, 5.74) is 4.10. The van der Waals surface area contributed by atoms with Crippen LogP contribution < -0.4 is 4.72 Å². The Kier molecular flexibility index (Phi) is 7.49. The highest BCUT2D eigenvalue weighted by Crippen LogP contribution is 2.29. The molecule has 0 fully saturated rings. The molecule has 7 heteroatoms. The summed E-state index contributed by atoms with van der Waals surface area (Å²) in [7, 11) is -2.44. The molecule has 0 aromatic heterocycles. The zero-order valence-electron chi connectivity index (χ0n) is 17.4. The zero-order valence-corrected chi connectivity index (χ0v) is 19.0. The number of sulfonamides is 1. The lowest BCUT2D eigenvalue weighted by Crippen LogP contribution is -2.23. The summed E-state index contributed by atoms with van der Waals surface area (Å²) < 4.78 is 33.0. The number of ether oxygens (including phenoxy) is 1. The number of carbonyl (C=O) groups is 1. The Bertz CT molecular complexity index is 1170. The number of methoxy groups -OCH3 is 1. The first-order valence-electron chi connectivity index (χ1n) is 9.90. The number of halogens is 1. The first kappa shape index (κ1) is 23.0. The minimum absolute atomic E-state index is 0.0194. The van der Waals surface area contributed by atoms with Crippen molar-refractivity contribution in [2.75, 3.05) is 7.11 Å². The lowest BCUT2D eigenvalue weighted by Gasteiger charge is -2.16. The third kappa shape index (κ3) is 5.53. The van der Waals surface area contributed by atoms with Crippen LogP contribution in [0.3, 0.4) is 0 Å². The second kappa shape index (κ2) is 10.1. The van der Waals surface area contributed by atoms with Crippen LogP contribution >= 0.6 is 11.6 Å². The van der Waals surface area contributed by atoms with Crippen molar-refractivity contribution in [3.63, 3.8) is 0 Å². The molecule has 0 saturated carbocycles. The van der Waals surface area contributed by atoms with Gasteiger partial charge < -0.3 is 4.74 Å². The number of hydrogen-bond acceptors (Lipinski definition) is 4. The van der Waals surface area contributed by atoms with Crippen molar-refractivity contribution in [1.29, 1.82) is 0 Å². The normalized spacial score (nSPS) is 11.3. The molecule has 0 atom stereocenters. The molecule has 0 bridgehead atoms. The van der Waals surface area contributed by atoms with Gasteiger partial charge in [0.05, 0.1) is 17.6 Å². The Balaban J connectivity index is 2.01. The number of aryl methyl sites for hydroxylation is 1. The van der Waals surface area contributed by atoms with Gasteiger partial charge in [-0.1, -0.05) is 55.3 Å². The molecule has 0 amide bonds. The second-order valence-electron chi connectivity index (χ2n) is 7.05. The van der Waals surface area contributed by atoms with Gasteiger partial charge in [-0.3, -0.25) is 0 Å². The van der Waals surface area contributed by atoms with E-state index in [0.717, 1.165) is 29.5 Å². The Labute approximate surface area is 188 Å². The van der Waals surface area contributed by atoms with E-state index in [1.54, 1.807) is 12.1 Å². The van der Waals surface area contributed by atoms with Gasteiger partial charge in [-0.05, 0) is 65.1 Å². The topological polar surface area (TPSA) is 72.5 Å². The maximum absolute atomic E-state index is 12.8. The molecule has 0 aliphatic rings. The summed E-state index contributed by atoms with van der Waals surface area (Å²) in [5.74, 6) is -0.477. The fraction of sp³-hybridized carbons (Fsp3) is 0.208. The van der Waals surface area contributed by atoms with Gasteiger partial charge in [-0.25, -0.2) is 17.9 Å². The van der Waals surface area contributed by atoms with Crippen molar-refractivity contribution in [1.82, 2.24) is 4.72 Å². The smallest absolute Gasteiger partial charge is 0.337 e. The maximum Gasteiger partial charge on any atom is 0.337 e. The van der Waals surface area contributed by atoms with Gasteiger partial charge in [-0.15, -0.1) is 0 Å². The Morgan fingerprint density at radius 2 is 1.65 bits per heavy atom. The van der Waals surface area contributed by atoms with Gasteiger partial charge >= 0.3 is 5.97 Å². The molecule has 1 N–H and O–H groups in total. The molecule has 5 nitrogen and oxygen atoms in total. The summed E-state index contributed by atoms with van der Waals surface area (Å²) in [4.78, 5) is 12.2. The number of carbonyl (C=O) groups excluding carboxylic acids is 1. The van der Waals surface area contributed by atoms with Crippen LogP contribution in [0.1, 0.15) is 34.8 Å². The van der Waals surface area contributed by atoms with Crippen molar-refractivity contribution < 1.29 is 17.9 Å². The predicted octanol–water partition coefficient (Wildman–Crippen LogP) is 5.22. The molecule has 0 radical (unpaired) electrons. The van der Waals surface area contributed by atoms with E-state index in [4.69, 9.17) is 16.3 Å². The van der Waals surface area contributed by atoms with Crippen LogP contribution in [0.15, 0.2) is 71.6 Å². The van der Waals surface area contributed by atoms with E-state index < -0.39 is 16.0 Å². The van der Waals surface area contributed by atoms with Crippen molar-refractivity contribution in [2.45, 2.75) is 31.2 Å². The summed E-state index contributed by atoms with van der Waals surface area (Å²) in [6.07, 6.45) is 1.88. The van der Waals surface area contributed by atoms with E-state index in [-0.39, 0.29) is 11.4 Å². The van der Waals surface area contributed by atoms with Crippen LogP contribution in [0, 0.1) is 0 Å². The van der Waals surface area contributed by atoms with Crippen LogP contribution in [0.25, 0.3) is 11.1 Å². The average molecular weight is 458 g/mol. The standard InChI is InChI=1S/C24H24ClNO4S/c1-3-6-17-7-4-5-8-22(17)23-14-9-18(24(27)30-2)15-19(23)16-26-31(28,29)21-12-10-20(25)11-13-21/h4-5,7-15,26H,3,6,16H2,1-2H3. The number of benzene rings is 3. The minimum Gasteiger partial charge on any atom is -0.465 e. The second-order valence-corrected chi connectivity index (χ2v) is 9.25. The summed E-state index contributed by atoms with van der Waals surface area (Å²) in [6, 6.07) is 19.2. The quantitative estimate of drug-likeness (QED) is 0.470. The van der Waals surface area contributed by atoms with E-state index in [9.17, 15) is 13.2 Å². The molecule has 31 heavy (non-hydrogen) atoms. The van der Waals surface area contributed by atoms with Gasteiger partial charge in [0.2, 0.25) is 10.0 Å². The fourth-order valence-corrected chi connectivity index (χ4v) is 4.52. The molecule has 0 unspecified atom stereocenters. The van der Waals surface area contributed by atoms with Crippen LogP contribution in [0.2, 0.25) is 5.02 Å². The third-order valence-corrected chi connectivity index (χ3v) is 6.60. The van der Waals surface area contributed by atoms with Crippen LogP contribution in [-0.2, 0) is 27.7 Å². The van der Waals surface area contributed by atoms with Crippen LogP contribution in [0.5, 0.6) is 0 Å². The highest BCUT2D eigenvalue weighted by atomic mass is 35.5. The number of nitrogens with one attached hydrogen (secondary N) is 1. The van der Waals surface area contributed by atoms with E-state index >= 15 is 0 Å². The molecule has 3 aromatic rings. The van der Waals surface area contributed by atoms with E-state index in [2.05, 4.69) is 17.7 Å². The van der Waals surface area contributed by atoms with Crippen LogP contribution in [-0.4, -0.2) is 21.5 Å². The van der Waals surface area contributed by atoms with Crippen molar-refractivity contribution in [3.05, 3.63) is 88.4 Å². The third-order valence-electron chi connectivity index (χ3n) is 4.93. The van der Waals surface area contributed by atoms with Crippen molar-refractivity contribution in [2.24, 2.45) is 0 Å². The van der Waals surface area contributed by atoms with E-state index in [0.29, 0.717) is 16.1 Å². The molecule has 0 spiro atoms. The molecular formula is C24H24ClNO4S. The number of esters is 1. The maximum atomic E-state index is 12.8. The van der Waals surface area contributed by atoms with Gasteiger partial charge in [0.15, 0.2) is 0 Å². The van der Waals surface area contributed by atoms with Gasteiger partial charge in [0.25, 0.3) is 0 Å². The number of rotatable bonds is 8. The number of hydrogen-bond donors (Lipinski definition) is 1. The summed E-state index contributed by atoms with van der Waals surface area (Å²) >= 11 is 5.87. The molecule has 0 aliphatic carbocycles. The molecule has 3 aromatic carbocycles. The van der Waals surface area contributed by atoms with Crippen LogP contribution in [0.4, 0.5) is 0 Å². The van der Waals surface area contributed by atoms with Gasteiger partial charge in [-0.2, -0.15) is 0 Å². The summed E-state index contributed by atoms with van der Waals surface area (Å²) in [5, 5.41) is 0.458. The first-order chi connectivity index (χ1) is 14.9. The SMILES string of the molecule is CCCc1ccccc1-c1ccc(C(=O)OC)cc1CNS(=O)(=O)c1ccc(Cl)cc1. The first-order valence-corrected chi connectivity index (χ1v) is 11.8. The largest absolute Gasteiger partial charge is 0.465 e. The van der Waals surface area contributed by atoms with Gasteiger partial charge in [0.1, 0.15) is 0 Å². The molecule has 162 valence electrons. The fourth-order valence-electron chi connectivity index (χ4n) is 3.39. The Hall–Kier alpha value is -2.67. The summed E-state index contributed by atoms with van der Waals surface area (Å²) in [6.45, 7) is 2.13. The Morgan fingerprint density at radius 1 is 0.968 bits per heavy atom. The molecule has 0 heterocycles. The molecular weight excluding hydrogens is 434 g/mol. The van der Waals surface area contributed by atoms with E-state index in [1.807, 2.05) is 24.3 Å². The van der Waals surface area contributed by atoms with Crippen molar-refractivity contribution >= 4 is 27.6 Å². The lowest BCUT2D eigenvalue weighted by atomic mass is 9.92. The zero-order chi connectivity index (χ0) is 22.4. The molecule has 0 aliphatic heterocycles. The molecule has 3 rings (SSSR count). The lowest BCUT2D eigenvalue weighted by molar-refractivity contribution is 0.0600. The monoisotopic (exact) mass is 457 g/mol.